The molecule has 1 saturated carbocycles. The number of likely N-dealkylation sites (tertiary alicyclic amines) is 1. The minimum absolute atomic E-state index is 0. The molecule has 9 heteroatoms. The summed E-state index contributed by atoms with van der Waals surface area (Å²) >= 11 is 1.23. The Kier molecular flexibility index (Phi) is 5.99. The van der Waals surface area contributed by atoms with Crippen molar-refractivity contribution in [3.63, 3.8) is 0 Å². The lowest BCUT2D eigenvalue weighted by molar-refractivity contribution is -0.134. The van der Waals surface area contributed by atoms with Gasteiger partial charge in [-0.15, -0.1) is 23.7 Å². The Morgan fingerprint density at radius 2 is 1.96 bits per heavy atom. The van der Waals surface area contributed by atoms with Gasteiger partial charge < -0.3 is 10.2 Å². The highest BCUT2D eigenvalue weighted by Gasteiger charge is 2.58. The van der Waals surface area contributed by atoms with Crippen molar-refractivity contribution in [2.24, 2.45) is 11.3 Å². The van der Waals surface area contributed by atoms with Gasteiger partial charge >= 0.3 is 0 Å². The van der Waals surface area contributed by atoms with Crippen LogP contribution in [0.1, 0.15) is 32.1 Å². The predicted molar refractivity (Wildman–Crippen MR) is 104 cm³/mol. The van der Waals surface area contributed by atoms with E-state index >= 15 is 0 Å². The van der Waals surface area contributed by atoms with Crippen LogP contribution in [0.15, 0.2) is 21.7 Å². The highest BCUT2D eigenvalue weighted by Crippen LogP contribution is 2.59. The molecule has 146 valence electrons. The minimum Gasteiger partial charge on any atom is -0.342 e. The van der Waals surface area contributed by atoms with Crippen molar-refractivity contribution in [2.75, 3.05) is 26.2 Å². The largest absolute Gasteiger partial charge is 0.342 e. The van der Waals surface area contributed by atoms with E-state index in [1.54, 1.807) is 17.5 Å². The number of thiophene rings is 1. The van der Waals surface area contributed by atoms with Gasteiger partial charge in [0.2, 0.25) is 15.9 Å². The summed E-state index contributed by atoms with van der Waals surface area (Å²) in [5.74, 6) is 0.496. The molecule has 0 aromatic carbocycles. The molecule has 3 fully saturated rings. The average molecular weight is 420 g/mol. The predicted octanol–water partition coefficient (Wildman–Crippen LogP) is 1.83. The molecule has 2 aliphatic heterocycles. The third-order valence-electron chi connectivity index (χ3n) is 5.98. The summed E-state index contributed by atoms with van der Waals surface area (Å²) in [6.07, 6.45) is 4.65. The Hall–Kier alpha value is -0.670. The fourth-order valence-electron chi connectivity index (χ4n) is 4.31. The standard InChI is InChI=1S/C17H25N3O3S2.ClH/c21-16(14-12-17(14)5-7-18-8-6-17)20-9-3-13(4-10-20)19-25(22,23)15-2-1-11-24-15;/h1-2,11,13-14,18-19H,3-10,12H2;1H. The SMILES string of the molecule is Cl.O=C(C1CC12CCNCC2)N1CCC(NS(=O)(=O)c2cccs2)CC1. The van der Waals surface area contributed by atoms with Gasteiger partial charge in [-0.1, -0.05) is 6.07 Å². The molecule has 2 saturated heterocycles. The van der Waals surface area contributed by atoms with Gasteiger partial charge in [-0.3, -0.25) is 4.79 Å². The molecular weight excluding hydrogens is 394 g/mol. The number of nitrogens with zero attached hydrogens (tertiary/aromatic N) is 1. The second-order valence-electron chi connectivity index (χ2n) is 7.52. The summed E-state index contributed by atoms with van der Waals surface area (Å²) in [5, 5.41) is 5.14. The number of piperidine rings is 2. The molecule has 26 heavy (non-hydrogen) atoms. The Morgan fingerprint density at radius 3 is 2.58 bits per heavy atom. The van der Waals surface area contributed by atoms with Crippen molar-refractivity contribution in [1.82, 2.24) is 14.9 Å². The first-order valence-corrected chi connectivity index (χ1v) is 11.4. The number of hydrogen-bond acceptors (Lipinski definition) is 5. The summed E-state index contributed by atoms with van der Waals surface area (Å²) in [6.45, 7) is 3.36. The van der Waals surface area contributed by atoms with Crippen LogP contribution in [0.2, 0.25) is 0 Å². The van der Waals surface area contributed by atoms with E-state index in [1.807, 2.05) is 4.90 Å². The Morgan fingerprint density at radius 1 is 1.27 bits per heavy atom. The third-order valence-corrected chi connectivity index (χ3v) is 8.89. The highest BCUT2D eigenvalue weighted by atomic mass is 35.5. The number of halogens is 1. The lowest BCUT2D eigenvalue weighted by Gasteiger charge is -2.33. The molecule has 2 N–H and O–H groups in total. The molecule has 3 aliphatic rings. The number of rotatable bonds is 4. The highest BCUT2D eigenvalue weighted by molar-refractivity contribution is 7.91. The monoisotopic (exact) mass is 419 g/mol. The van der Waals surface area contributed by atoms with E-state index in [4.69, 9.17) is 0 Å². The zero-order valence-corrected chi connectivity index (χ0v) is 17.1. The number of hydrogen-bond donors (Lipinski definition) is 2. The van der Waals surface area contributed by atoms with Crippen LogP contribution in [0.25, 0.3) is 0 Å². The van der Waals surface area contributed by atoms with Gasteiger partial charge in [0.15, 0.2) is 0 Å². The topological polar surface area (TPSA) is 78.5 Å². The van der Waals surface area contributed by atoms with E-state index in [9.17, 15) is 13.2 Å². The molecular formula is C17H26ClN3O3S2. The first-order valence-electron chi connectivity index (χ1n) is 9.06. The van der Waals surface area contributed by atoms with Gasteiger partial charge in [-0.2, -0.15) is 0 Å². The summed E-state index contributed by atoms with van der Waals surface area (Å²) in [4.78, 5) is 14.7. The second-order valence-corrected chi connectivity index (χ2v) is 10.4. The van der Waals surface area contributed by atoms with E-state index in [0.29, 0.717) is 36.0 Å². The third kappa shape index (κ3) is 3.94. The Balaban J connectivity index is 0.00000196. The summed E-state index contributed by atoms with van der Waals surface area (Å²) < 4.78 is 27.8. The molecule has 4 rings (SSSR count). The van der Waals surface area contributed by atoms with E-state index in [2.05, 4.69) is 10.0 Å². The minimum atomic E-state index is -3.42. The van der Waals surface area contributed by atoms with Crippen molar-refractivity contribution < 1.29 is 13.2 Å². The maximum atomic E-state index is 12.8. The Labute approximate surface area is 165 Å². The molecule has 1 spiro atoms. The van der Waals surface area contributed by atoms with Crippen LogP contribution in [-0.2, 0) is 14.8 Å². The van der Waals surface area contributed by atoms with Crippen LogP contribution < -0.4 is 10.0 Å². The van der Waals surface area contributed by atoms with Gasteiger partial charge in [0.1, 0.15) is 4.21 Å². The van der Waals surface area contributed by atoms with Crippen LogP contribution in [0, 0.1) is 11.3 Å². The fourth-order valence-corrected chi connectivity index (χ4v) is 6.62. The summed E-state index contributed by atoms with van der Waals surface area (Å²) in [6, 6.07) is 3.28. The molecule has 1 aromatic heterocycles. The number of nitrogens with one attached hydrogen (secondary N) is 2. The van der Waals surface area contributed by atoms with Gasteiger partial charge in [0.05, 0.1) is 0 Å². The maximum Gasteiger partial charge on any atom is 0.250 e. The van der Waals surface area contributed by atoms with Crippen LogP contribution >= 0.6 is 23.7 Å². The van der Waals surface area contributed by atoms with Crippen LogP contribution in [0.3, 0.4) is 0 Å². The molecule has 1 unspecified atom stereocenters. The van der Waals surface area contributed by atoms with E-state index < -0.39 is 10.0 Å². The molecule has 1 amide bonds. The van der Waals surface area contributed by atoms with Crippen molar-refractivity contribution >= 4 is 39.7 Å². The molecule has 0 radical (unpaired) electrons. The Bertz CT molecular complexity index is 724. The van der Waals surface area contributed by atoms with Gasteiger partial charge in [-0.05, 0) is 62.1 Å². The zero-order valence-electron chi connectivity index (χ0n) is 14.6. The van der Waals surface area contributed by atoms with Gasteiger partial charge in [0, 0.05) is 25.0 Å². The first kappa shape index (κ1) is 20.1. The lowest BCUT2D eigenvalue weighted by Crippen LogP contribution is -2.47. The van der Waals surface area contributed by atoms with Crippen molar-refractivity contribution in [3.05, 3.63) is 17.5 Å². The molecule has 1 aromatic rings. The molecule has 3 heterocycles. The first-order chi connectivity index (χ1) is 12.0. The van der Waals surface area contributed by atoms with Crippen molar-refractivity contribution in [3.8, 4) is 0 Å². The number of carbonyl (C=O) groups is 1. The zero-order chi connectivity index (χ0) is 17.5. The van der Waals surface area contributed by atoms with E-state index in [-0.39, 0.29) is 29.8 Å². The number of amides is 1. The fraction of sp³-hybridized carbons (Fsp3) is 0.706. The lowest BCUT2D eigenvalue weighted by atomic mass is 9.91. The van der Waals surface area contributed by atoms with Gasteiger partial charge in [-0.25, -0.2) is 13.1 Å². The van der Waals surface area contributed by atoms with Crippen LogP contribution in [0.4, 0.5) is 0 Å². The van der Waals surface area contributed by atoms with E-state index in [0.717, 1.165) is 32.4 Å². The molecule has 0 bridgehead atoms. The quantitative estimate of drug-likeness (QED) is 0.780. The summed E-state index contributed by atoms with van der Waals surface area (Å²) in [5.41, 5.74) is 0.264. The maximum absolute atomic E-state index is 12.8. The average Bonchev–Trinajstić information content (AvgIpc) is 3.04. The molecule has 1 aliphatic carbocycles. The van der Waals surface area contributed by atoms with Crippen LogP contribution in [0.5, 0.6) is 0 Å². The van der Waals surface area contributed by atoms with E-state index in [1.165, 1.54) is 11.3 Å². The van der Waals surface area contributed by atoms with Crippen molar-refractivity contribution in [2.45, 2.75) is 42.4 Å². The number of sulfonamides is 1. The molecule has 6 nitrogen and oxygen atoms in total. The smallest absolute Gasteiger partial charge is 0.250 e. The summed E-state index contributed by atoms with van der Waals surface area (Å²) in [7, 11) is -3.42. The van der Waals surface area contributed by atoms with Gasteiger partial charge in [0.25, 0.3) is 0 Å². The normalized spacial score (nSPS) is 25.7. The second kappa shape index (κ2) is 7.75. The number of carbonyl (C=O) groups excluding carboxylic acids is 1. The van der Waals surface area contributed by atoms with Crippen LogP contribution in [-0.4, -0.2) is 51.4 Å². The molecule has 1 atom stereocenters. The van der Waals surface area contributed by atoms with Crippen molar-refractivity contribution in [1.29, 1.82) is 0 Å².